The number of pyridine rings is 1. The molecule has 1 unspecified atom stereocenters. The maximum Gasteiger partial charge on any atom is 0.160 e. The molecule has 1 aliphatic heterocycles. The Morgan fingerprint density at radius 2 is 0.943 bits per heavy atom. The number of fused-ring (bicyclic) bond motifs is 6. The summed E-state index contributed by atoms with van der Waals surface area (Å²) in [6, 6.07) is 88.5. The van der Waals surface area contributed by atoms with Gasteiger partial charge in [0.1, 0.15) is 5.84 Å². The van der Waals surface area contributed by atoms with Crippen molar-refractivity contribution in [1.29, 1.82) is 0 Å². The summed E-state index contributed by atoms with van der Waals surface area (Å²) >= 11 is 0. The Kier molecular flexibility index (Phi) is 10.1. The van der Waals surface area contributed by atoms with Gasteiger partial charge in [-0.15, -0.1) is 0 Å². The number of benzene rings is 10. The molecule has 0 radical (unpaired) electrons. The molecule has 0 saturated heterocycles. The molecule has 3 heterocycles. The van der Waals surface area contributed by atoms with E-state index in [1.54, 1.807) is 0 Å². The lowest BCUT2D eigenvalue weighted by Gasteiger charge is -2.33. The maximum atomic E-state index is 5.53. The zero-order valence-electron chi connectivity index (χ0n) is 38.5. The van der Waals surface area contributed by atoms with Crippen LogP contribution in [0.2, 0.25) is 0 Å². The van der Waals surface area contributed by atoms with E-state index < -0.39 is 0 Å². The predicted molar refractivity (Wildman–Crippen MR) is 292 cm³/mol. The Morgan fingerprint density at radius 3 is 1.67 bits per heavy atom. The lowest BCUT2D eigenvalue weighted by molar-refractivity contribution is 0.383. The standard InChI is InChI=1S/C65H45N5/c1-69-64(49-25-17-23-47(41-49)43-19-5-2-6-20-43)67-63(68-65(69)50-26-18-24-48(42-50)44-21-7-3-8-22-44)55-40-39-52(53-29-11-12-30-54(53)55)45-35-37-46(38-36-45)61-62-60(56-31-13-15-33-58(56)66-61)57-32-14-16-34-59(57)70(62)51-27-9-4-10-28-51/h2-42,64H,1H3. The number of para-hydroxylation sites is 3. The molecule has 0 fully saturated rings. The van der Waals surface area contributed by atoms with E-state index >= 15 is 0 Å². The van der Waals surface area contributed by atoms with Crippen molar-refractivity contribution in [1.82, 2.24) is 14.5 Å². The zero-order valence-corrected chi connectivity index (χ0v) is 38.5. The molecule has 0 N–H and O–H groups in total. The van der Waals surface area contributed by atoms with Gasteiger partial charge in [-0.3, -0.25) is 0 Å². The molecule has 0 amide bonds. The van der Waals surface area contributed by atoms with Crippen molar-refractivity contribution in [3.05, 3.63) is 265 Å². The number of hydrogen-bond donors (Lipinski definition) is 0. The molecule has 70 heavy (non-hydrogen) atoms. The van der Waals surface area contributed by atoms with E-state index in [-0.39, 0.29) is 6.17 Å². The number of hydrogen-bond acceptors (Lipinski definition) is 4. The third kappa shape index (κ3) is 7.06. The van der Waals surface area contributed by atoms with Gasteiger partial charge in [0, 0.05) is 45.6 Å². The summed E-state index contributed by atoms with van der Waals surface area (Å²) in [6.45, 7) is 0. The van der Waals surface area contributed by atoms with Gasteiger partial charge in [0.25, 0.3) is 0 Å². The van der Waals surface area contributed by atoms with Crippen LogP contribution in [0.25, 0.3) is 93.8 Å². The molecular weight excluding hydrogens is 851 g/mol. The van der Waals surface area contributed by atoms with Crippen molar-refractivity contribution >= 4 is 55.2 Å². The van der Waals surface area contributed by atoms with Gasteiger partial charge >= 0.3 is 0 Å². The van der Waals surface area contributed by atoms with E-state index in [1.807, 2.05) is 0 Å². The molecule has 0 saturated carbocycles. The van der Waals surface area contributed by atoms with E-state index in [2.05, 4.69) is 265 Å². The highest BCUT2D eigenvalue weighted by atomic mass is 15.3. The first-order chi connectivity index (χ1) is 34.6. The summed E-state index contributed by atoms with van der Waals surface area (Å²) < 4.78 is 2.38. The van der Waals surface area contributed by atoms with Crippen molar-refractivity contribution in [2.24, 2.45) is 9.98 Å². The minimum Gasteiger partial charge on any atom is -0.333 e. The van der Waals surface area contributed by atoms with Crippen molar-refractivity contribution in [2.45, 2.75) is 6.17 Å². The van der Waals surface area contributed by atoms with Crippen LogP contribution in [0, 0.1) is 0 Å². The van der Waals surface area contributed by atoms with E-state index in [0.29, 0.717) is 5.84 Å². The van der Waals surface area contributed by atoms with Crippen LogP contribution in [0.5, 0.6) is 0 Å². The van der Waals surface area contributed by atoms with Gasteiger partial charge in [0.2, 0.25) is 0 Å². The van der Waals surface area contributed by atoms with Gasteiger partial charge in [-0.2, -0.15) is 0 Å². The fourth-order valence-corrected chi connectivity index (χ4v) is 10.5. The van der Waals surface area contributed by atoms with Crippen LogP contribution in [0.15, 0.2) is 259 Å². The van der Waals surface area contributed by atoms with Crippen molar-refractivity contribution in [3.8, 4) is 50.3 Å². The normalized spacial score (nSPS) is 13.8. The second-order valence-corrected chi connectivity index (χ2v) is 18.0. The van der Waals surface area contributed by atoms with Crippen molar-refractivity contribution in [3.63, 3.8) is 0 Å². The molecule has 13 rings (SSSR count). The highest BCUT2D eigenvalue weighted by molar-refractivity contribution is 6.24. The lowest BCUT2D eigenvalue weighted by Crippen LogP contribution is -2.35. The molecule has 0 aliphatic carbocycles. The summed E-state index contributed by atoms with van der Waals surface area (Å²) in [7, 11) is 2.11. The number of amidine groups is 2. The van der Waals surface area contributed by atoms with E-state index in [1.165, 1.54) is 16.3 Å². The first-order valence-electron chi connectivity index (χ1n) is 23.9. The van der Waals surface area contributed by atoms with Crippen LogP contribution in [0.1, 0.15) is 22.9 Å². The number of aromatic nitrogens is 2. The van der Waals surface area contributed by atoms with Crippen molar-refractivity contribution < 1.29 is 0 Å². The maximum absolute atomic E-state index is 5.53. The highest BCUT2D eigenvalue weighted by Crippen LogP contribution is 2.42. The first-order valence-corrected chi connectivity index (χ1v) is 23.9. The molecule has 2 aromatic heterocycles. The molecule has 5 nitrogen and oxygen atoms in total. The minimum absolute atomic E-state index is 0.326. The topological polar surface area (TPSA) is 45.8 Å². The van der Waals surface area contributed by atoms with Crippen LogP contribution in [-0.4, -0.2) is 33.2 Å². The van der Waals surface area contributed by atoms with Crippen LogP contribution in [0.3, 0.4) is 0 Å². The van der Waals surface area contributed by atoms with Gasteiger partial charge in [-0.25, -0.2) is 15.0 Å². The van der Waals surface area contributed by atoms with Crippen LogP contribution in [-0.2, 0) is 0 Å². The SMILES string of the molecule is CN1C(c2cccc(-c3ccccc3)c2)=NC(c2ccc(-c3ccc(-c4nc5ccccc5c5c6ccccc6n(-c6ccccc6)c45)cc3)c3ccccc23)=NC1c1cccc(-c2ccccc2)c1. The molecule has 5 heteroatoms. The van der Waals surface area contributed by atoms with E-state index in [0.717, 1.165) is 100.0 Å². The third-order valence-electron chi connectivity index (χ3n) is 13.8. The first kappa shape index (κ1) is 41.0. The Labute approximate surface area is 406 Å². The number of aliphatic imine (C=N–C) groups is 2. The number of nitrogens with zero attached hydrogens (tertiary/aromatic N) is 5. The second-order valence-electron chi connectivity index (χ2n) is 18.0. The molecule has 0 spiro atoms. The molecule has 1 aliphatic rings. The summed E-state index contributed by atoms with van der Waals surface area (Å²) in [5, 5.41) is 5.80. The molecule has 0 bridgehead atoms. The largest absolute Gasteiger partial charge is 0.333 e. The molecule has 10 aromatic carbocycles. The third-order valence-corrected chi connectivity index (χ3v) is 13.8. The lowest BCUT2D eigenvalue weighted by atomic mass is 9.93. The second kappa shape index (κ2) is 17.2. The van der Waals surface area contributed by atoms with Crippen molar-refractivity contribution in [2.75, 3.05) is 7.05 Å². The van der Waals surface area contributed by atoms with Crippen LogP contribution < -0.4 is 0 Å². The predicted octanol–water partition coefficient (Wildman–Crippen LogP) is 16.0. The van der Waals surface area contributed by atoms with Gasteiger partial charge in [0.15, 0.2) is 12.0 Å². The number of rotatable bonds is 8. The average molecular weight is 896 g/mol. The van der Waals surface area contributed by atoms with Crippen LogP contribution >= 0.6 is 0 Å². The summed E-state index contributed by atoms with van der Waals surface area (Å²) in [4.78, 5) is 18.6. The van der Waals surface area contributed by atoms with Gasteiger partial charge in [-0.05, 0) is 92.2 Å². The van der Waals surface area contributed by atoms with E-state index in [4.69, 9.17) is 15.0 Å². The monoisotopic (exact) mass is 895 g/mol. The summed E-state index contributed by atoms with van der Waals surface area (Å²) in [6.07, 6.45) is -0.326. The fourth-order valence-electron chi connectivity index (χ4n) is 10.5. The Bertz CT molecular complexity index is 4000. The quantitative estimate of drug-likeness (QED) is 0.153. The smallest absolute Gasteiger partial charge is 0.160 e. The molecule has 12 aromatic rings. The Morgan fingerprint density at radius 1 is 0.400 bits per heavy atom. The Balaban J connectivity index is 0.940. The Hall–Kier alpha value is -9.19. The molecule has 330 valence electrons. The van der Waals surface area contributed by atoms with Gasteiger partial charge < -0.3 is 9.47 Å². The zero-order chi connectivity index (χ0) is 46.5. The highest BCUT2D eigenvalue weighted by Gasteiger charge is 2.28. The fraction of sp³-hybridized carbons (Fsp3) is 0.0308. The minimum atomic E-state index is -0.326. The van der Waals surface area contributed by atoms with Crippen LogP contribution in [0.4, 0.5) is 0 Å². The molecule has 1 atom stereocenters. The molecular formula is C65H45N5. The van der Waals surface area contributed by atoms with Gasteiger partial charge in [0.05, 0.1) is 22.2 Å². The summed E-state index contributed by atoms with van der Waals surface area (Å²) in [5.74, 6) is 1.57. The van der Waals surface area contributed by atoms with E-state index in [9.17, 15) is 0 Å². The summed E-state index contributed by atoms with van der Waals surface area (Å²) in [5.41, 5.74) is 16.3. The van der Waals surface area contributed by atoms with Gasteiger partial charge in [-0.1, -0.05) is 206 Å². The average Bonchev–Trinajstić information content (AvgIpc) is 3.79.